The highest BCUT2D eigenvalue weighted by Crippen LogP contribution is 2.39. The molecule has 3 nitrogen and oxygen atoms in total. The van der Waals surface area contributed by atoms with Crippen molar-refractivity contribution in [2.24, 2.45) is 0 Å². The molecule has 0 saturated heterocycles. The monoisotopic (exact) mass is 335 g/mol. The van der Waals surface area contributed by atoms with E-state index in [1.54, 1.807) is 12.1 Å². The molecule has 1 aliphatic carbocycles. The third-order valence-corrected chi connectivity index (χ3v) is 3.80. The minimum absolute atomic E-state index is 0.148. The molecule has 0 aliphatic heterocycles. The molecule has 1 aliphatic rings. The van der Waals surface area contributed by atoms with E-state index in [1.807, 2.05) is 19.1 Å². The second-order valence-corrected chi connectivity index (χ2v) is 5.91. The quantitative estimate of drug-likeness (QED) is 0.840. The zero-order valence-corrected chi connectivity index (χ0v) is 12.7. The molecule has 3 rings (SSSR count). The molecule has 5 heteroatoms. The second kappa shape index (κ2) is 5.48. The van der Waals surface area contributed by atoms with Gasteiger partial charge in [0.1, 0.15) is 22.1 Å². The Hall–Kier alpha value is -1.49. The molecule has 1 fully saturated rings. The van der Waals surface area contributed by atoms with Crippen molar-refractivity contribution in [1.82, 2.24) is 9.97 Å². The molecule has 0 radical (unpaired) electrons. The normalized spacial score (nSPS) is 15.9. The highest BCUT2D eigenvalue weighted by Gasteiger charge is 2.27. The Balaban J connectivity index is 1.82. The van der Waals surface area contributed by atoms with E-state index in [1.165, 1.54) is 6.07 Å². The van der Waals surface area contributed by atoms with Gasteiger partial charge in [-0.2, -0.15) is 0 Å². The molecular weight excluding hydrogens is 321 g/mol. The predicted octanol–water partition coefficient (Wildman–Crippen LogP) is 4.43. The van der Waals surface area contributed by atoms with Gasteiger partial charge < -0.3 is 5.32 Å². The summed E-state index contributed by atoms with van der Waals surface area (Å²) in [4.78, 5) is 8.90. The van der Waals surface area contributed by atoms with Crippen molar-refractivity contribution >= 4 is 21.7 Å². The molecule has 20 heavy (non-hydrogen) atoms. The number of halogens is 2. The zero-order chi connectivity index (χ0) is 14.1. The molecule has 104 valence electrons. The number of rotatable bonds is 4. The first-order valence-electron chi connectivity index (χ1n) is 6.69. The molecule has 1 atom stereocenters. The molecule has 1 heterocycles. The summed E-state index contributed by atoms with van der Waals surface area (Å²) in [5.74, 6) is 1.87. The van der Waals surface area contributed by atoms with Crippen LogP contribution in [0.25, 0.3) is 0 Å². The van der Waals surface area contributed by atoms with Crippen molar-refractivity contribution in [3.8, 4) is 0 Å². The first-order valence-corrected chi connectivity index (χ1v) is 7.48. The Labute approximate surface area is 125 Å². The van der Waals surface area contributed by atoms with E-state index in [0.29, 0.717) is 11.5 Å². The molecule has 0 spiro atoms. The lowest BCUT2D eigenvalue weighted by Crippen LogP contribution is -2.11. The SMILES string of the molecule is CC(Nc1cc(Br)nc(C2CC2)n1)c1ccccc1F. The van der Waals surface area contributed by atoms with Crippen LogP contribution in [0, 0.1) is 5.82 Å². The molecule has 1 saturated carbocycles. The smallest absolute Gasteiger partial charge is 0.135 e. The molecule has 0 amide bonds. The van der Waals surface area contributed by atoms with Crippen LogP contribution in [0.1, 0.15) is 43.1 Å². The average Bonchev–Trinajstić information content (AvgIpc) is 3.22. The van der Waals surface area contributed by atoms with E-state index in [-0.39, 0.29) is 11.9 Å². The van der Waals surface area contributed by atoms with Crippen molar-refractivity contribution in [3.63, 3.8) is 0 Å². The topological polar surface area (TPSA) is 37.8 Å². The van der Waals surface area contributed by atoms with Crippen LogP contribution in [0.15, 0.2) is 34.9 Å². The number of aromatic nitrogens is 2. The van der Waals surface area contributed by atoms with Gasteiger partial charge in [-0.15, -0.1) is 0 Å². The summed E-state index contributed by atoms with van der Waals surface area (Å²) in [5, 5.41) is 3.24. The van der Waals surface area contributed by atoms with Gasteiger partial charge in [-0.3, -0.25) is 0 Å². The van der Waals surface area contributed by atoms with Gasteiger partial charge in [0.05, 0.1) is 6.04 Å². The van der Waals surface area contributed by atoms with Gasteiger partial charge >= 0.3 is 0 Å². The standard InChI is InChI=1S/C15H15BrFN3/c1-9(11-4-2-3-5-12(11)17)18-14-8-13(16)19-15(20-14)10-6-7-10/h2-5,8-10H,6-7H2,1H3,(H,18,19,20). The first kappa shape index (κ1) is 13.5. The van der Waals surface area contributed by atoms with E-state index in [0.717, 1.165) is 29.1 Å². The van der Waals surface area contributed by atoms with Gasteiger partial charge in [0, 0.05) is 17.5 Å². The van der Waals surface area contributed by atoms with Crippen LogP contribution in [0.4, 0.5) is 10.2 Å². The van der Waals surface area contributed by atoms with Crippen LogP contribution in [-0.2, 0) is 0 Å². The van der Waals surface area contributed by atoms with Crippen LogP contribution in [0.5, 0.6) is 0 Å². The van der Waals surface area contributed by atoms with Gasteiger partial charge in [-0.1, -0.05) is 18.2 Å². The molecule has 1 N–H and O–H groups in total. The Kier molecular flexibility index (Phi) is 3.70. The van der Waals surface area contributed by atoms with E-state index < -0.39 is 0 Å². The third-order valence-electron chi connectivity index (χ3n) is 3.39. The Morgan fingerprint density at radius 2 is 2.05 bits per heavy atom. The van der Waals surface area contributed by atoms with Crippen molar-refractivity contribution in [3.05, 3.63) is 52.1 Å². The fourth-order valence-electron chi connectivity index (χ4n) is 2.16. The number of benzene rings is 1. The summed E-state index contributed by atoms with van der Waals surface area (Å²) >= 11 is 3.40. The van der Waals surface area contributed by atoms with Gasteiger partial charge in [-0.05, 0) is 41.8 Å². The fourth-order valence-corrected chi connectivity index (χ4v) is 2.56. The van der Waals surface area contributed by atoms with E-state index >= 15 is 0 Å². The van der Waals surface area contributed by atoms with Crippen molar-refractivity contribution < 1.29 is 4.39 Å². The molecule has 1 aromatic heterocycles. The molecule has 0 bridgehead atoms. The third kappa shape index (κ3) is 2.98. The maximum absolute atomic E-state index is 13.8. The lowest BCUT2D eigenvalue weighted by molar-refractivity contribution is 0.600. The number of anilines is 1. The van der Waals surface area contributed by atoms with Gasteiger partial charge in [0.2, 0.25) is 0 Å². The minimum atomic E-state index is -0.206. The predicted molar refractivity (Wildman–Crippen MR) is 80.1 cm³/mol. The average molecular weight is 336 g/mol. The summed E-state index contributed by atoms with van der Waals surface area (Å²) in [5.41, 5.74) is 0.634. The Morgan fingerprint density at radius 1 is 1.30 bits per heavy atom. The summed E-state index contributed by atoms with van der Waals surface area (Å²) < 4.78 is 14.5. The van der Waals surface area contributed by atoms with Crippen LogP contribution < -0.4 is 5.32 Å². The molecular formula is C15H15BrFN3. The van der Waals surface area contributed by atoms with Crippen LogP contribution in [0.3, 0.4) is 0 Å². The lowest BCUT2D eigenvalue weighted by atomic mass is 10.1. The van der Waals surface area contributed by atoms with Crippen LogP contribution in [0.2, 0.25) is 0 Å². The first-order chi connectivity index (χ1) is 9.63. The van der Waals surface area contributed by atoms with Gasteiger partial charge in [-0.25, -0.2) is 14.4 Å². The van der Waals surface area contributed by atoms with Crippen molar-refractivity contribution in [2.45, 2.75) is 31.7 Å². The summed E-state index contributed by atoms with van der Waals surface area (Å²) in [7, 11) is 0. The van der Waals surface area contributed by atoms with E-state index in [4.69, 9.17) is 0 Å². The minimum Gasteiger partial charge on any atom is -0.363 e. The summed E-state index contributed by atoms with van der Waals surface area (Å²) in [6.45, 7) is 1.92. The highest BCUT2D eigenvalue weighted by molar-refractivity contribution is 9.10. The number of nitrogens with zero attached hydrogens (tertiary/aromatic N) is 2. The summed E-state index contributed by atoms with van der Waals surface area (Å²) in [6.07, 6.45) is 2.30. The fraction of sp³-hybridized carbons (Fsp3) is 0.333. The summed E-state index contributed by atoms with van der Waals surface area (Å²) in [6, 6.07) is 8.46. The van der Waals surface area contributed by atoms with E-state index in [9.17, 15) is 4.39 Å². The molecule has 1 unspecified atom stereocenters. The van der Waals surface area contributed by atoms with Crippen molar-refractivity contribution in [2.75, 3.05) is 5.32 Å². The van der Waals surface area contributed by atoms with Crippen LogP contribution >= 0.6 is 15.9 Å². The van der Waals surface area contributed by atoms with Gasteiger partial charge in [0.25, 0.3) is 0 Å². The maximum Gasteiger partial charge on any atom is 0.135 e. The Bertz CT molecular complexity index is 628. The Morgan fingerprint density at radius 3 is 2.75 bits per heavy atom. The largest absolute Gasteiger partial charge is 0.363 e. The van der Waals surface area contributed by atoms with Crippen LogP contribution in [-0.4, -0.2) is 9.97 Å². The molecule has 2 aromatic rings. The second-order valence-electron chi connectivity index (χ2n) is 5.10. The lowest BCUT2D eigenvalue weighted by Gasteiger charge is -2.16. The maximum atomic E-state index is 13.8. The van der Waals surface area contributed by atoms with Crippen molar-refractivity contribution in [1.29, 1.82) is 0 Å². The number of hydrogen-bond acceptors (Lipinski definition) is 3. The zero-order valence-electron chi connectivity index (χ0n) is 11.1. The van der Waals surface area contributed by atoms with Gasteiger partial charge in [0.15, 0.2) is 0 Å². The molecule has 1 aromatic carbocycles. The highest BCUT2D eigenvalue weighted by atomic mass is 79.9. The van der Waals surface area contributed by atoms with E-state index in [2.05, 4.69) is 31.2 Å². The number of nitrogens with one attached hydrogen (secondary N) is 1. The number of hydrogen-bond donors (Lipinski definition) is 1.